The third-order valence-electron chi connectivity index (χ3n) is 2.60. The van der Waals surface area contributed by atoms with Crippen LogP contribution in [0.2, 0.25) is 0 Å². The average Bonchev–Trinajstić information content (AvgIpc) is 2.31. The molecule has 0 aromatic heterocycles. The van der Waals surface area contributed by atoms with Crippen molar-refractivity contribution in [2.24, 2.45) is 0 Å². The molecule has 0 fully saturated rings. The van der Waals surface area contributed by atoms with E-state index >= 15 is 0 Å². The number of phenolic OH excluding ortho intramolecular Hbond substituents is 2. The number of hydrogen-bond acceptors (Lipinski definition) is 2. The van der Waals surface area contributed by atoms with Gasteiger partial charge in [-0.3, -0.25) is 0 Å². The highest BCUT2D eigenvalue weighted by Gasteiger charge is 2.10. The summed E-state index contributed by atoms with van der Waals surface area (Å²) in [6.45, 7) is 8.55. The van der Waals surface area contributed by atoms with E-state index in [0.717, 1.165) is 24.8 Å². The molecule has 17 heavy (non-hydrogen) atoms. The summed E-state index contributed by atoms with van der Waals surface area (Å²) >= 11 is 0. The summed E-state index contributed by atoms with van der Waals surface area (Å²) in [5.41, 5.74) is 1.12. The van der Waals surface area contributed by atoms with Gasteiger partial charge in [0.05, 0.1) is 0 Å². The third kappa shape index (κ3) is 5.62. The van der Waals surface area contributed by atoms with Crippen molar-refractivity contribution in [3.63, 3.8) is 0 Å². The van der Waals surface area contributed by atoms with Gasteiger partial charge in [0.25, 0.3) is 0 Å². The standard InChI is InChI=1S/C12H18O2.C3H8/c1-3-5-9(4-2)10-6-7-11(13)12(14)8-10;1-3-2/h6-9,13-14H,3-5H2,1-2H3;3H2,1-2H3. The minimum absolute atomic E-state index is 0.0166. The summed E-state index contributed by atoms with van der Waals surface area (Å²) in [6, 6.07) is 5.11. The second kappa shape index (κ2) is 8.91. The van der Waals surface area contributed by atoms with E-state index in [1.165, 1.54) is 6.42 Å². The lowest BCUT2D eigenvalue weighted by molar-refractivity contribution is 0.402. The largest absolute Gasteiger partial charge is 0.504 e. The number of benzene rings is 1. The third-order valence-corrected chi connectivity index (χ3v) is 2.60. The van der Waals surface area contributed by atoms with Crippen molar-refractivity contribution in [1.29, 1.82) is 0 Å². The van der Waals surface area contributed by atoms with Crippen LogP contribution in [0.4, 0.5) is 0 Å². The molecule has 0 saturated carbocycles. The number of hydrogen-bond donors (Lipinski definition) is 2. The quantitative estimate of drug-likeness (QED) is 0.739. The highest BCUT2D eigenvalue weighted by molar-refractivity contribution is 5.41. The first-order chi connectivity index (χ1) is 8.10. The molecular formula is C15H26O2. The van der Waals surface area contributed by atoms with E-state index in [2.05, 4.69) is 27.7 Å². The highest BCUT2D eigenvalue weighted by Crippen LogP contribution is 2.31. The van der Waals surface area contributed by atoms with Crippen LogP contribution in [0.15, 0.2) is 18.2 Å². The van der Waals surface area contributed by atoms with Gasteiger partial charge in [-0.2, -0.15) is 0 Å². The summed E-state index contributed by atoms with van der Waals surface area (Å²) in [5.74, 6) is 0.434. The summed E-state index contributed by atoms with van der Waals surface area (Å²) in [5, 5.41) is 18.5. The van der Waals surface area contributed by atoms with Gasteiger partial charge in [0, 0.05) is 0 Å². The maximum atomic E-state index is 9.36. The normalized spacial score (nSPS) is 11.5. The van der Waals surface area contributed by atoms with Gasteiger partial charge in [-0.15, -0.1) is 0 Å². The van der Waals surface area contributed by atoms with Crippen molar-refractivity contribution in [1.82, 2.24) is 0 Å². The monoisotopic (exact) mass is 238 g/mol. The summed E-state index contributed by atoms with van der Waals surface area (Å²) in [4.78, 5) is 0. The molecule has 0 saturated heterocycles. The molecule has 0 bridgehead atoms. The lowest BCUT2D eigenvalue weighted by Crippen LogP contribution is -1.96. The molecule has 1 atom stereocenters. The first kappa shape index (κ1) is 15.8. The van der Waals surface area contributed by atoms with Gasteiger partial charge in [-0.05, 0) is 36.5 Å². The predicted octanol–water partition coefficient (Wildman–Crippen LogP) is 4.81. The van der Waals surface area contributed by atoms with Gasteiger partial charge in [-0.1, -0.05) is 46.6 Å². The van der Waals surface area contributed by atoms with E-state index < -0.39 is 0 Å². The van der Waals surface area contributed by atoms with Crippen LogP contribution in [0, 0.1) is 0 Å². The Morgan fingerprint density at radius 1 is 1.00 bits per heavy atom. The summed E-state index contributed by atoms with van der Waals surface area (Å²) in [7, 11) is 0. The minimum Gasteiger partial charge on any atom is -0.504 e. The Balaban J connectivity index is 0.000000770. The minimum atomic E-state index is -0.0416. The molecule has 1 aromatic carbocycles. The fraction of sp³-hybridized carbons (Fsp3) is 0.600. The topological polar surface area (TPSA) is 40.5 Å². The Kier molecular flexibility index (Phi) is 8.29. The molecule has 0 heterocycles. The van der Waals surface area contributed by atoms with Crippen LogP contribution in [-0.2, 0) is 0 Å². The van der Waals surface area contributed by atoms with Crippen LogP contribution in [0.25, 0.3) is 0 Å². The van der Waals surface area contributed by atoms with Crippen molar-refractivity contribution in [2.75, 3.05) is 0 Å². The predicted molar refractivity (Wildman–Crippen MR) is 73.7 cm³/mol. The molecule has 1 aromatic rings. The summed E-state index contributed by atoms with van der Waals surface area (Å²) in [6.07, 6.45) is 4.58. The zero-order valence-electron chi connectivity index (χ0n) is 11.5. The second-order valence-corrected chi connectivity index (χ2v) is 4.35. The highest BCUT2D eigenvalue weighted by atomic mass is 16.3. The van der Waals surface area contributed by atoms with Gasteiger partial charge >= 0.3 is 0 Å². The molecule has 0 aliphatic rings. The first-order valence-electron chi connectivity index (χ1n) is 6.62. The van der Waals surface area contributed by atoms with Crippen molar-refractivity contribution < 1.29 is 10.2 Å². The van der Waals surface area contributed by atoms with Crippen LogP contribution in [0.1, 0.15) is 64.9 Å². The Morgan fingerprint density at radius 2 is 1.59 bits per heavy atom. The molecule has 2 heteroatoms. The molecule has 0 spiro atoms. The van der Waals surface area contributed by atoms with E-state index in [9.17, 15) is 10.2 Å². The Bertz CT molecular complexity index is 308. The molecule has 98 valence electrons. The average molecular weight is 238 g/mol. The molecule has 0 aliphatic carbocycles. The van der Waals surface area contributed by atoms with Crippen molar-refractivity contribution in [3.05, 3.63) is 23.8 Å². The van der Waals surface area contributed by atoms with Gasteiger partial charge in [-0.25, -0.2) is 0 Å². The van der Waals surface area contributed by atoms with Crippen LogP contribution in [0.3, 0.4) is 0 Å². The van der Waals surface area contributed by atoms with Crippen LogP contribution >= 0.6 is 0 Å². The van der Waals surface area contributed by atoms with Gasteiger partial charge in [0.1, 0.15) is 0 Å². The molecule has 1 rings (SSSR count). The van der Waals surface area contributed by atoms with Crippen LogP contribution in [-0.4, -0.2) is 10.2 Å². The van der Waals surface area contributed by atoms with Crippen molar-refractivity contribution in [2.45, 2.75) is 59.3 Å². The van der Waals surface area contributed by atoms with E-state index in [1.807, 2.05) is 6.07 Å². The lowest BCUT2D eigenvalue weighted by Gasteiger charge is -2.14. The number of rotatable bonds is 4. The van der Waals surface area contributed by atoms with Crippen LogP contribution in [0.5, 0.6) is 11.5 Å². The molecule has 0 amide bonds. The van der Waals surface area contributed by atoms with Gasteiger partial charge in [0.2, 0.25) is 0 Å². The van der Waals surface area contributed by atoms with Gasteiger partial charge < -0.3 is 10.2 Å². The molecule has 0 aliphatic heterocycles. The smallest absolute Gasteiger partial charge is 0.157 e. The van der Waals surface area contributed by atoms with E-state index in [0.29, 0.717) is 5.92 Å². The molecule has 2 nitrogen and oxygen atoms in total. The fourth-order valence-electron chi connectivity index (χ4n) is 1.75. The Hall–Kier alpha value is -1.18. The second-order valence-electron chi connectivity index (χ2n) is 4.35. The zero-order chi connectivity index (χ0) is 13.3. The number of phenols is 2. The lowest BCUT2D eigenvalue weighted by atomic mass is 9.92. The SMILES string of the molecule is CCC.CCCC(CC)c1ccc(O)c(O)c1. The molecule has 1 unspecified atom stereocenters. The van der Waals surface area contributed by atoms with Crippen molar-refractivity contribution in [3.8, 4) is 11.5 Å². The van der Waals surface area contributed by atoms with Crippen molar-refractivity contribution >= 4 is 0 Å². The van der Waals surface area contributed by atoms with E-state index in [-0.39, 0.29) is 11.5 Å². The zero-order valence-corrected chi connectivity index (χ0v) is 11.5. The maximum Gasteiger partial charge on any atom is 0.157 e. The number of aromatic hydroxyl groups is 2. The van der Waals surface area contributed by atoms with E-state index in [1.54, 1.807) is 12.1 Å². The summed E-state index contributed by atoms with van der Waals surface area (Å²) < 4.78 is 0. The van der Waals surface area contributed by atoms with Gasteiger partial charge in [0.15, 0.2) is 11.5 Å². The van der Waals surface area contributed by atoms with E-state index in [4.69, 9.17) is 0 Å². The maximum absolute atomic E-state index is 9.36. The Labute approximate surface area is 105 Å². The fourth-order valence-corrected chi connectivity index (χ4v) is 1.75. The Morgan fingerprint density at radius 3 is 2.00 bits per heavy atom. The molecule has 0 radical (unpaired) electrons. The van der Waals surface area contributed by atoms with Crippen LogP contribution < -0.4 is 0 Å². The molecule has 2 N–H and O–H groups in total. The molecular weight excluding hydrogens is 212 g/mol. The first-order valence-corrected chi connectivity index (χ1v) is 6.62.